The van der Waals surface area contributed by atoms with E-state index in [9.17, 15) is 9.59 Å². The molecule has 0 aromatic heterocycles. The van der Waals surface area contributed by atoms with Gasteiger partial charge >= 0.3 is 0 Å². The molecule has 4 atom stereocenters. The van der Waals surface area contributed by atoms with E-state index in [1.54, 1.807) is 0 Å². The van der Waals surface area contributed by atoms with Gasteiger partial charge in [-0.05, 0) is 31.1 Å². The van der Waals surface area contributed by atoms with Crippen molar-refractivity contribution < 1.29 is 14.5 Å². The van der Waals surface area contributed by atoms with Gasteiger partial charge in [-0.25, -0.2) is 0 Å². The van der Waals surface area contributed by atoms with E-state index >= 15 is 0 Å². The Labute approximate surface area is 127 Å². The molecule has 0 spiro atoms. The van der Waals surface area contributed by atoms with E-state index in [0.29, 0.717) is 37.0 Å². The van der Waals surface area contributed by atoms with Gasteiger partial charge < -0.3 is 15.5 Å². The number of amides is 2. The summed E-state index contributed by atoms with van der Waals surface area (Å²) in [5.41, 5.74) is 0. The second-order valence-electron chi connectivity index (χ2n) is 7.09. The standard InChI is InChI=1S/C16H29N3O2/c1-11-5-4-6-14(12(11)2)18-16(21)10-19(3)9-15(20)17-13-7-8-13/h11-14H,4-10H2,1-3H3,(H,17,20)(H,18,21)/p+1/t11-,12-,14-/m1/s1. The minimum Gasteiger partial charge on any atom is -0.348 e. The lowest BCUT2D eigenvalue weighted by molar-refractivity contribution is -0.862. The third-order valence-electron chi connectivity index (χ3n) is 4.92. The van der Waals surface area contributed by atoms with Crippen molar-refractivity contribution >= 4 is 11.8 Å². The molecule has 2 aliphatic carbocycles. The van der Waals surface area contributed by atoms with Crippen LogP contribution in [0.5, 0.6) is 0 Å². The van der Waals surface area contributed by atoms with Gasteiger partial charge in [0, 0.05) is 12.1 Å². The van der Waals surface area contributed by atoms with Gasteiger partial charge in [-0.1, -0.05) is 26.7 Å². The summed E-state index contributed by atoms with van der Waals surface area (Å²) in [5.74, 6) is 1.35. The molecule has 2 rings (SSSR count). The number of carbonyl (C=O) groups is 2. The zero-order valence-electron chi connectivity index (χ0n) is 13.6. The normalized spacial score (nSPS) is 30.5. The third-order valence-corrected chi connectivity index (χ3v) is 4.92. The molecule has 120 valence electrons. The molecule has 0 aromatic carbocycles. The van der Waals surface area contributed by atoms with Crippen LogP contribution < -0.4 is 15.5 Å². The lowest BCUT2D eigenvalue weighted by Gasteiger charge is -2.34. The van der Waals surface area contributed by atoms with E-state index in [0.717, 1.165) is 24.2 Å². The highest BCUT2D eigenvalue weighted by molar-refractivity contribution is 5.79. The molecule has 2 aliphatic rings. The first-order chi connectivity index (χ1) is 9.95. The Bertz CT molecular complexity index is 382. The molecule has 3 N–H and O–H groups in total. The van der Waals surface area contributed by atoms with Gasteiger partial charge in [0.05, 0.1) is 7.05 Å². The molecule has 0 aliphatic heterocycles. The van der Waals surface area contributed by atoms with Gasteiger partial charge in [0.15, 0.2) is 13.1 Å². The SMILES string of the molecule is C[C@@H]1[C@H](C)CCC[C@H]1NC(=O)C[NH+](C)CC(=O)NC1CC1. The third kappa shape index (κ3) is 5.30. The fourth-order valence-electron chi connectivity index (χ4n) is 3.16. The van der Waals surface area contributed by atoms with E-state index in [1.165, 1.54) is 12.8 Å². The minimum atomic E-state index is 0.0578. The number of nitrogens with one attached hydrogen (secondary N) is 3. The van der Waals surface area contributed by atoms with E-state index in [4.69, 9.17) is 0 Å². The summed E-state index contributed by atoms with van der Waals surface area (Å²) < 4.78 is 0. The largest absolute Gasteiger partial charge is 0.348 e. The molecule has 1 unspecified atom stereocenters. The van der Waals surface area contributed by atoms with Crippen molar-refractivity contribution in [3.63, 3.8) is 0 Å². The van der Waals surface area contributed by atoms with Crippen LogP contribution in [0.25, 0.3) is 0 Å². The van der Waals surface area contributed by atoms with Crippen LogP contribution in [-0.4, -0.2) is 44.0 Å². The molecule has 0 saturated heterocycles. The number of rotatable bonds is 6. The van der Waals surface area contributed by atoms with Crippen LogP contribution in [0, 0.1) is 11.8 Å². The number of hydrogen-bond donors (Lipinski definition) is 3. The van der Waals surface area contributed by atoms with Crippen LogP contribution in [-0.2, 0) is 9.59 Å². The van der Waals surface area contributed by atoms with Crippen LogP contribution in [0.4, 0.5) is 0 Å². The van der Waals surface area contributed by atoms with Crippen molar-refractivity contribution in [1.29, 1.82) is 0 Å². The lowest BCUT2D eigenvalue weighted by Crippen LogP contribution is -3.11. The quantitative estimate of drug-likeness (QED) is 0.631. The van der Waals surface area contributed by atoms with E-state index in [1.807, 2.05) is 7.05 Å². The van der Waals surface area contributed by atoms with Crippen molar-refractivity contribution in [3.05, 3.63) is 0 Å². The molecule has 0 heterocycles. The highest BCUT2D eigenvalue weighted by Gasteiger charge is 2.29. The molecule has 0 bridgehead atoms. The Morgan fingerprint density at radius 2 is 1.62 bits per heavy atom. The predicted octanol–water partition coefficient (Wildman–Crippen LogP) is -0.279. The van der Waals surface area contributed by atoms with Crippen molar-refractivity contribution in [2.45, 2.75) is 58.0 Å². The molecule has 0 radical (unpaired) electrons. The van der Waals surface area contributed by atoms with Crippen molar-refractivity contribution in [2.24, 2.45) is 11.8 Å². The zero-order chi connectivity index (χ0) is 15.4. The summed E-state index contributed by atoms with van der Waals surface area (Å²) in [4.78, 5) is 24.8. The zero-order valence-corrected chi connectivity index (χ0v) is 13.6. The monoisotopic (exact) mass is 296 g/mol. The molecule has 2 amide bonds. The summed E-state index contributed by atoms with van der Waals surface area (Å²) in [7, 11) is 1.90. The highest BCUT2D eigenvalue weighted by Crippen LogP contribution is 2.29. The van der Waals surface area contributed by atoms with Crippen LogP contribution in [0.3, 0.4) is 0 Å². The topological polar surface area (TPSA) is 62.6 Å². The molecule has 21 heavy (non-hydrogen) atoms. The van der Waals surface area contributed by atoms with Gasteiger partial charge in [0.2, 0.25) is 0 Å². The lowest BCUT2D eigenvalue weighted by atomic mass is 9.78. The molecule has 5 heteroatoms. The molecule has 2 fully saturated rings. The highest BCUT2D eigenvalue weighted by atomic mass is 16.2. The fraction of sp³-hybridized carbons (Fsp3) is 0.875. The second-order valence-corrected chi connectivity index (χ2v) is 7.09. The molecular weight excluding hydrogens is 266 g/mol. The molecular formula is C16H30N3O2+. The van der Waals surface area contributed by atoms with E-state index in [2.05, 4.69) is 24.5 Å². The van der Waals surface area contributed by atoms with Gasteiger partial charge in [-0.2, -0.15) is 0 Å². The van der Waals surface area contributed by atoms with Gasteiger partial charge in [0.1, 0.15) is 0 Å². The molecule has 0 aromatic rings. The number of hydrogen-bond acceptors (Lipinski definition) is 2. The van der Waals surface area contributed by atoms with Crippen LogP contribution >= 0.6 is 0 Å². The summed E-state index contributed by atoms with van der Waals surface area (Å²) in [6, 6.07) is 0.693. The maximum Gasteiger partial charge on any atom is 0.275 e. The van der Waals surface area contributed by atoms with Crippen molar-refractivity contribution in [1.82, 2.24) is 10.6 Å². The van der Waals surface area contributed by atoms with E-state index < -0.39 is 0 Å². The number of likely N-dealkylation sites (N-methyl/N-ethyl adjacent to an activating group) is 1. The first kappa shape index (κ1) is 16.3. The Morgan fingerprint density at radius 1 is 1.00 bits per heavy atom. The van der Waals surface area contributed by atoms with Crippen LogP contribution in [0.15, 0.2) is 0 Å². The van der Waals surface area contributed by atoms with Crippen molar-refractivity contribution in [3.8, 4) is 0 Å². The van der Waals surface area contributed by atoms with Gasteiger partial charge in [-0.3, -0.25) is 9.59 Å². The molecule has 2 saturated carbocycles. The Hall–Kier alpha value is -1.10. The average molecular weight is 296 g/mol. The van der Waals surface area contributed by atoms with Crippen LogP contribution in [0.2, 0.25) is 0 Å². The Morgan fingerprint density at radius 3 is 2.24 bits per heavy atom. The second kappa shape index (κ2) is 7.25. The smallest absolute Gasteiger partial charge is 0.275 e. The number of quaternary nitrogens is 1. The first-order valence-electron chi connectivity index (χ1n) is 8.35. The minimum absolute atomic E-state index is 0.0578. The number of carbonyl (C=O) groups excluding carboxylic acids is 2. The summed E-state index contributed by atoms with van der Waals surface area (Å²) in [5, 5.41) is 6.13. The van der Waals surface area contributed by atoms with Crippen molar-refractivity contribution in [2.75, 3.05) is 20.1 Å². The predicted molar refractivity (Wildman–Crippen MR) is 81.9 cm³/mol. The molecule has 5 nitrogen and oxygen atoms in total. The summed E-state index contributed by atoms with van der Waals surface area (Å²) in [6.45, 7) is 5.24. The first-order valence-corrected chi connectivity index (χ1v) is 8.35. The average Bonchev–Trinajstić information content (AvgIpc) is 3.18. The summed E-state index contributed by atoms with van der Waals surface area (Å²) >= 11 is 0. The maximum atomic E-state index is 12.1. The van der Waals surface area contributed by atoms with Gasteiger partial charge in [0.25, 0.3) is 11.8 Å². The Kier molecular flexibility index (Phi) is 5.62. The van der Waals surface area contributed by atoms with E-state index in [-0.39, 0.29) is 11.8 Å². The Balaban J connectivity index is 1.68. The van der Waals surface area contributed by atoms with Crippen LogP contribution in [0.1, 0.15) is 46.0 Å². The summed E-state index contributed by atoms with van der Waals surface area (Å²) in [6.07, 6.45) is 5.74. The fourth-order valence-corrected chi connectivity index (χ4v) is 3.16. The maximum absolute atomic E-state index is 12.1. The van der Waals surface area contributed by atoms with Gasteiger partial charge in [-0.15, -0.1) is 0 Å².